The van der Waals surface area contributed by atoms with Crippen LogP contribution in [0.3, 0.4) is 0 Å². The SMILES string of the molecule is CN(C)N1C=C(Cl)NC(C(N)=NC#N)=C1N. The van der Waals surface area contributed by atoms with Crippen LogP contribution in [0.2, 0.25) is 0 Å². The normalized spacial score (nSPS) is 17.1. The minimum Gasteiger partial charge on any atom is -0.382 e. The number of amidine groups is 1. The first-order valence-electron chi connectivity index (χ1n) is 4.30. The Kier molecular flexibility index (Phi) is 3.60. The molecule has 1 aliphatic rings. The van der Waals surface area contributed by atoms with E-state index < -0.39 is 0 Å². The molecule has 0 aliphatic carbocycles. The van der Waals surface area contributed by atoms with Gasteiger partial charge in [0.15, 0.2) is 5.84 Å². The van der Waals surface area contributed by atoms with Crippen molar-refractivity contribution in [1.29, 1.82) is 5.26 Å². The average molecular weight is 242 g/mol. The van der Waals surface area contributed by atoms with Gasteiger partial charge in [0.25, 0.3) is 0 Å². The lowest BCUT2D eigenvalue weighted by Crippen LogP contribution is -2.43. The second kappa shape index (κ2) is 4.74. The maximum absolute atomic E-state index is 8.41. The molecule has 0 aromatic carbocycles. The minimum atomic E-state index is -0.0156. The summed E-state index contributed by atoms with van der Waals surface area (Å²) in [5.74, 6) is 0.295. The van der Waals surface area contributed by atoms with Crippen LogP contribution in [0, 0.1) is 11.5 Å². The monoisotopic (exact) mass is 241 g/mol. The van der Waals surface area contributed by atoms with Gasteiger partial charge in [0.1, 0.15) is 16.7 Å². The van der Waals surface area contributed by atoms with Gasteiger partial charge in [-0.15, -0.1) is 0 Å². The van der Waals surface area contributed by atoms with Crippen molar-refractivity contribution >= 4 is 17.4 Å². The molecule has 1 heterocycles. The number of nitrogens with zero attached hydrogens (tertiary/aromatic N) is 4. The summed E-state index contributed by atoms with van der Waals surface area (Å²) in [5, 5.41) is 14.8. The summed E-state index contributed by atoms with van der Waals surface area (Å²) in [6.45, 7) is 0. The van der Waals surface area contributed by atoms with Gasteiger partial charge < -0.3 is 16.8 Å². The molecule has 0 atom stereocenters. The molecule has 0 aromatic rings. The molecule has 1 rings (SSSR count). The first-order chi connectivity index (χ1) is 7.47. The summed E-state index contributed by atoms with van der Waals surface area (Å²) in [5.41, 5.74) is 11.7. The smallest absolute Gasteiger partial charge is 0.207 e. The number of nitrogens with one attached hydrogen (secondary N) is 1. The molecule has 0 radical (unpaired) electrons. The quantitative estimate of drug-likeness (QED) is 0.257. The van der Waals surface area contributed by atoms with E-state index in [-0.39, 0.29) is 5.84 Å². The maximum atomic E-state index is 8.41. The van der Waals surface area contributed by atoms with Crippen molar-refractivity contribution in [2.24, 2.45) is 16.5 Å². The second-order valence-electron chi connectivity index (χ2n) is 3.15. The molecule has 0 fully saturated rings. The van der Waals surface area contributed by atoms with Crippen LogP contribution in [0.4, 0.5) is 0 Å². The molecule has 1 aliphatic heterocycles. The Balaban J connectivity index is 3.14. The van der Waals surface area contributed by atoms with E-state index in [1.807, 2.05) is 0 Å². The maximum Gasteiger partial charge on any atom is 0.207 e. The third-order valence-electron chi connectivity index (χ3n) is 1.84. The molecule has 0 saturated carbocycles. The van der Waals surface area contributed by atoms with E-state index >= 15 is 0 Å². The summed E-state index contributed by atoms with van der Waals surface area (Å²) in [6.07, 6.45) is 3.17. The first kappa shape index (κ1) is 12.2. The van der Waals surface area contributed by atoms with Crippen molar-refractivity contribution in [2.75, 3.05) is 14.1 Å². The summed E-state index contributed by atoms with van der Waals surface area (Å²) >= 11 is 5.86. The third-order valence-corrected chi connectivity index (χ3v) is 2.03. The van der Waals surface area contributed by atoms with Crippen molar-refractivity contribution < 1.29 is 0 Å². The molecule has 0 saturated heterocycles. The number of aliphatic imine (C=N–C) groups is 1. The lowest BCUT2D eigenvalue weighted by Gasteiger charge is -2.32. The standard InChI is InChI=1S/C8H12ClN7/c1-15(2)16-3-5(9)14-6(8(16)12)7(11)13-4-10/h3,14H,12H2,1-2H3,(H2,11,13). The van der Waals surface area contributed by atoms with Crippen molar-refractivity contribution in [3.63, 3.8) is 0 Å². The molecule has 7 nitrogen and oxygen atoms in total. The molecule has 0 unspecified atom stereocenters. The highest BCUT2D eigenvalue weighted by molar-refractivity contribution is 6.29. The van der Waals surface area contributed by atoms with Gasteiger partial charge in [-0.3, -0.25) is 5.01 Å². The highest BCUT2D eigenvalue weighted by Gasteiger charge is 2.21. The predicted molar refractivity (Wildman–Crippen MR) is 61.0 cm³/mol. The highest BCUT2D eigenvalue weighted by Crippen LogP contribution is 2.16. The summed E-state index contributed by atoms with van der Waals surface area (Å²) in [7, 11) is 3.57. The molecule has 16 heavy (non-hydrogen) atoms. The van der Waals surface area contributed by atoms with Crippen molar-refractivity contribution in [3.05, 3.63) is 22.9 Å². The lowest BCUT2D eigenvalue weighted by atomic mass is 10.3. The lowest BCUT2D eigenvalue weighted by molar-refractivity contribution is 0.118. The number of hydrogen-bond donors (Lipinski definition) is 3. The molecule has 8 heteroatoms. The molecule has 0 amide bonds. The van der Waals surface area contributed by atoms with Crippen LogP contribution in [0.1, 0.15) is 0 Å². The predicted octanol–water partition coefficient (Wildman–Crippen LogP) is -0.628. The minimum absolute atomic E-state index is 0.0156. The van der Waals surface area contributed by atoms with Gasteiger partial charge in [0, 0.05) is 14.1 Å². The Bertz CT molecular complexity index is 415. The fraction of sp³-hybridized carbons (Fsp3) is 0.250. The van der Waals surface area contributed by atoms with E-state index in [1.165, 1.54) is 0 Å². The molecule has 0 bridgehead atoms. The molecular formula is C8H12ClN7. The van der Waals surface area contributed by atoms with Gasteiger partial charge in [-0.1, -0.05) is 11.6 Å². The molecule has 0 spiro atoms. The van der Waals surface area contributed by atoms with E-state index in [2.05, 4.69) is 10.3 Å². The van der Waals surface area contributed by atoms with Crippen molar-refractivity contribution in [2.45, 2.75) is 0 Å². The van der Waals surface area contributed by atoms with Crippen LogP contribution < -0.4 is 16.8 Å². The van der Waals surface area contributed by atoms with Gasteiger partial charge >= 0.3 is 0 Å². The van der Waals surface area contributed by atoms with Crippen molar-refractivity contribution in [3.8, 4) is 6.19 Å². The fourth-order valence-corrected chi connectivity index (χ4v) is 1.33. The summed E-state index contributed by atoms with van der Waals surface area (Å²) in [6, 6.07) is 0. The fourth-order valence-electron chi connectivity index (χ4n) is 1.14. The number of rotatable bonds is 2. The second-order valence-corrected chi connectivity index (χ2v) is 3.56. The summed E-state index contributed by atoms with van der Waals surface area (Å²) < 4.78 is 0. The van der Waals surface area contributed by atoms with Crippen LogP contribution in [0.5, 0.6) is 0 Å². The topological polar surface area (TPSA) is 107 Å². The van der Waals surface area contributed by atoms with Crippen LogP contribution in [0.25, 0.3) is 0 Å². The van der Waals surface area contributed by atoms with Gasteiger partial charge in [-0.25, -0.2) is 5.01 Å². The van der Waals surface area contributed by atoms with E-state index in [0.717, 1.165) is 0 Å². The van der Waals surface area contributed by atoms with E-state index in [1.54, 1.807) is 36.5 Å². The van der Waals surface area contributed by atoms with Crippen molar-refractivity contribution in [1.82, 2.24) is 15.3 Å². The zero-order valence-electron chi connectivity index (χ0n) is 8.90. The Hall–Kier alpha value is -1.91. The number of halogens is 1. The van der Waals surface area contributed by atoms with Gasteiger partial charge in [0.2, 0.25) is 6.19 Å². The average Bonchev–Trinajstić information content (AvgIpc) is 2.20. The van der Waals surface area contributed by atoms with Crippen LogP contribution in [-0.4, -0.2) is 29.9 Å². The number of nitrogens with two attached hydrogens (primary N) is 2. The highest BCUT2D eigenvalue weighted by atomic mass is 35.5. The van der Waals surface area contributed by atoms with Crippen LogP contribution in [-0.2, 0) is 0 Å². The van der Waals surface area contributed by atoms with E-state index in [4.69, 9.17) is 28.3 Å². The Labute approximate surface area is 98.2 Å². The third kappa shape index (κ3) is 2.36. The number of nitriles is 1. The van der Waals surface area contributed by atoms with Crippen LogP contribution >= 0.6 is 11.6 Å². The number of hydrazine groups is 1. The van der Waals surface area contributed by atoms with Crippen LogP contribution in [0.15, 0.2) is 27.9 Å². The number of hydrogen-bond acceptors (Lipinski definition) is 6. The van der Waals surface area contributed by atoms with E-state index in [0.29, 0.717) is 16.7 Å². The zero-order valence-corrected chi connectivity index (χ0v) is 9.65. The molecule has 86 valence electrons. The Morgan fingerprint density at radius 1 is 1.69 bits per heavy atom. The largest absolute Gasteiger partial charge is 0.382 e. The Morgan fingerprint density at radius 2 is 2.31 bits per heavy atom. The molecule has 0 aromatic heterocycles. The van der Waals surface area contributed by atoms with Gasteiger partial charge in [-0.05, 0) is 0 Å². The molecular weight excluding hydrogens is 230 g/mol. The van der Waals surface area contributed by atoms with Gasteiger partial charge in [0.05, 0.1) is 6.20 Å². The zero-order chi connectivity index (χ0) is 12.3. The van der Waals surface area contributed by atoms with Gasteiger partial charge in [-0.2, -0.15) is 10.3 Å². The Morgan fingerprint density at radius 3 is 2.81 bits per heavy atom. The first-order valence-corrected chi connectivity index (χ1v) is 4.68. The molecule has 5 N–H and O–H groups in total. The van der Waals surface area contributed by atoms with E-state index in [9.17, 15) is 0 Å². The summed E-state index contributed by atoms with van der Waals surface area (Å²) in [4.78, 5) is 3.40.